The lowest BCUT2D eigenvalue weighted by molar-refractivity contribution is -0.328. The molecule has 0 spiro atoms. The Labute approximate surface area is 75.9 Å². The largest absolute Gasteiger partial charge is 0.546 e. The molecule has 1 saturated carbocycles. The number of hydrogen-bond acceptors (Lipinski definition) is 4. The maximum absolute atomic E-state index is 11.2. The third-order valence-electron chi connectivity index (χ3n) is 3.59. The van der Waals surface area contributed by atoms with Crippen molar-refractivity contribution in [3.63, 3.8) is 0 Å². The minimum atomic E-state index is -1.37. The zero-order valence-corrected chi connectivity index (χ0v) is 7.62. The predicted octanol–water partition coefficient (Wildman–Crippen LogP) is -0.532. The summed E-state index contributed by atoms with van der Waals surface area (Å²) < 4.78 is 4.92. The summed E-state index contributed by atoms with van der Waals surface area (Å²) in [5, 5.41) is 11.0. The molecule has 1 saturated heterocycles. The molecule has 0 aromatic carbocycles. The Balaban J connectivity index is 2.51. The summed E-state index contributed by atoms with van der Waals surface area (Å²) in [5.74, 6) is -1.92. The van der Waals surface area contributed by atoms with Crippen molar-refractivity contribution in [3.8, 4) is 0 Å². The summed E-state index contributed by atoms with van der Waals surface area (Å²) in [4.78, 5) is 22.2. The highest BCUT2D eigenvalue weighted by Gasteiger charge is 2.66. The average molecular weight is 183 g/mol. The molecule has 1 aliphatic heterocycles. The molecule has 0 aromatic rings. The van der Waals surface area contributed by atoms with Gasteiger partial charge in [-0.25, -0.2) is 0 Å². The van der Waals surface area contributed by atoms with Crippen LogP contribution in [-0.4, -0.2) is 17.5 Å². The van der Waals surface area contributed by atoms with E-state index in [1.807, 2.05) is 0 Å². The number of esters is 1. The van der Waals surface area contributed by atoms with Gasteiger partial charge in [0.05, 0.1) is 11.9 Å². The number of carbonyl (C=O) groups excluding carboxylic acids is 2. The standard InChI is InChI=1S/C9H12O4/c1-8(2)5-3-4-9(8,7(11)12)13-6(5)10/h5H,3-4H2,1-2H3,(H,11,12)/p-1. The third-order valence-corrected chi connectivity index (χ3v) is 3.59. The van der Waals surface area contributed by atoms with Crippen LogP contribution in [0.25, 0.3) is 0 Å². The van der Waals surface area contributed by atoms with E-state index in [2.05, 4.69) is 0 Å². The fourth-order valence-corrected chi connectivity index (χ4v) is 2.56. The highest BCUT2D eigenvalue weighted by atomic mass is 16.6. The molecule has 0 aromatic heterocycles. The molecule has 2 bridgehead atoms. The number of fused-ring (bicyclic) bond motifs is 2. The van der Waals surface area contributed by atoms with Crippen molar-refractivity contribution in [2.75, 3.05) is 0 Å². The monoisotopic (exact) mass is 183 g/mol. The van der Waals surface area contributed by atoms with Crippen molar-refractivity contribution in [2.45, 2.75) is 32.3 Å². The van der Waals surface area contributed by atoms with Crippen LogP contribution in [0.15, 0.2) is 0 Å². The molecule has 4 nitrogen and oxygen atoms in total. The van der Waals surface area contributed by atoms with Crippen molar-refractivity contribution in [1.29, 1.82) is 0 Å². The van der Waals surface area contributed by atoms with Crippen LogP contribution in [0, 0.1) is 11.3 Å². The van der Waals surface area contributed by atoms with E-state index < -0.39 is 17.0 Å². The van der Waals surface area contributed by atoms with Crippen molar-refractivity contribution in [1.82, 2.24) is 0 Å². The Kier molecular flexibility index (Phi) is 1.35. The Morgan fingerprint density at radius 2 is 2.23 bits per heavy atom. The second-order valence-corrected chi connectivity index (χ2v) is 4.35. The van der Waals surface area contributed by atoms with E-state index >= 15 is 0 Å². The molecule has 2 unspecified atom stereocenters. The van der Waals surface area contributed by atoms with Crippen molar-refractivity contribution < 1.29 is 19.4 Å². The number of rotatable bonds is 1. The normalized spacial score (nSPS) is 40.5. The molecule has 1 heterocycles. The molecule has 0 amide bonds. The lowest BCUT2D eigenvalue weighted by atomic mass is 9.75. The minimum absolute atomic E-state index is 0.273. The van der Waals surface area contributed by atoms with E-state index in [0.29, 0.717) is 12.8 Å². The number of aliphatic carboxylic acids is 1. The molecule has 2 atom stereocenters. The van der Waals surface area contributed by atoms with Gasteiger partial charge in [-0.1, -0.05) is 13.8 Å². The predicted molar refractivity (Wildman–Crippen MR) is 40.3 cm³/mol. The maximum atomic E-state index is 11.2. The van der Waals surface area contributed by atoms with E-state index in [0.717, 1.165) is 0 Å². The molecular weight excluding hydrogens is 172 g/mol. The first-order chi connectivity index (χ1) is 5.92. The average Bonchev–Trinajstić information content (AvgIpc) is 2.35. The summed E-state index contributed by atoms with van der Waals surface area (Å²) in [6.07, 6.45) is 0.985. The Hall–Kier alpha value is -1.06. The quantitative estimate of drug-likeness (QED) is 0.512. The van der Waals surface area contributed by atoms with Gasteiger partial charge in [0, 0.05) is 5.41 Å². The van der Waals surface area contributed by atoms with Crippen LogP contribution in [0.3, 0.4) is 0 Å². The minimum Gasteiger partial charge on any atom is -0.546 e. The van der Waals surface area contributed by atoms with Gasteiger partial charge >= 0.3 is 5.97 Å². The van der Waals surface area contributed by atoms with Crippen molar-refractivity contribution >= 4 is 11.9 Å². The van der Waals surface area contributed by atoms with Gasteiger partial charge in [0.15, 0.2) is 5.60 Å². The van der Waals surface area contributed by atoms with Crippen molar-refractivity contribution in [2.24, 2.45) is 11.3 Å². The first-order valence-electron chi connectivity index (χ1n) is 4.36. The van der Waals surface area contributed by atoms with Gasteiger partial charge < -0.3 is 14.6 Å². The van der Waals surface area contributed by atoms with Gasteiger partial charge in [-0.15, -0.1) is 0 Å². The van der Waals surface area contributed by atoms with Crippen LogP contribution in [0.1, 0.15) is 26.7 Å². The highest BCUT2D eigenvalue weighted by molar-refractivity contribution is 5.89. The van der Waals surface area contributed by atoms with Crippen LogP contribution in [-0.2, 0) is 14.3 Å². The van der Waals surface area contributed by atoms with Crippen LogP contribution >= 0.6 is 0 Å². The Morgan fingerprint density at radius 1 is 1.62 bits per heavy atom. The maximum Gasteiger partial charge on any atom is 0.310 e. The number of carboxylic acids is 1. The SMILES string of the molecule is CC1(C)C2CCC1(C(=O)[O-])OC2=O. The van der Waals surface area contributed by atoms with Gasteiger partial charge in [-0.2, -0.15) is 0 Å². The van der Waals surface area contributed by atoms with Crippen LogP contribution in [0.4, 0.5) is 0 Å². The molecule has 2 fully saturated rings. The van der Waals surface area contributed by atoms with Gasteiger partial charge in [-0.3, -0.25) is 4.79 Å². The fraction of sp³-hybridized carbons (Fsp3) is 0.778. The zero-order chi connectivity index (χ0) is 9.85. The van der Waals surface area contributed by atoms with Gasteiger partial charge in [-0.05, 0) is 12.8 Å². The summed E-state index contributed by atoms with van der Waals surface area (Å²) in [6.45, 7) is 3.51. The number of carboxylic acid groups (broad SMARTS) is 1. The van der Waals surface area contributed by atoms with E-state index in [-0.39, 0.29) is 11.9 Å². The molecule has 2 aliphatic rings. The smallest absolute Gasteiger partial charge is 0.310 e. The summed E-state index contributed by atoms with van der Waals surface area (Å²) in [5.41, 5.74) is -1.99. The fourth-order valence-electron chi connectivity index (χ4n) is 2.56. The number of ether oxygens (including phenoxy) is 1. The van der Waals surface area contributed by atoms with E-state index in [1.54, 1.807) is 13.8 Å². The van der Waals surface area contributed by atoms with E-state index in [1.165, 1.54) is 0 Å². The van der Waals surface area contributed by atoms with Crippen LogP contribution in [0.2, 0.25) is 0 Å². The topological polar surface area (TPSA) is 66.4 Å². The molecule has 13 heavy (non-hydrogen) atoms. The molecule has 1 aliphatic carbocycles. The number of hydrogen-bond donors (Lipinski definition) is 0. The van der Waals surface area contributed by atoms with Gasteiger partial charge in [0.2, 0.25) is 0 Å². The van der Waals surface area contributed by atoms with E-state index in [4.69, 9.17) is 4.74 Å². The van der Waals surface area contributed by atoms with Gasteiger partial charge in [0.25, 0.3) is 0 Å². The highest BCUT2D eigenvalue weighted by Crippen LogP contribution is 2.57. The Bertz CT molecular complexity index is 294. The third kappa shape index (κ3) is 0.716. The zero-order valence-electron chi connectivity index (χ0n) is 7.62. The molecule has 4 heteroatoms. The summed E-state index contributed by atoms with van der Waals surface area (Å²) >= 11 is 0. The molecule has 0 radical (unpaired) electrons. The summed E-state index contributed by atoms with van der Waals surface area (Å²) in [7, 11) is 0. The second kappa shape index (κ2) is 2.05. The lowest BCUT2D eigenvalue weighted by Crippen LogP contribution is -2.54. The molecular formula is C9H11O4-. The molecule has 0 N–H and O–H groups in total. The first-order valence-corrected chi connectivity index (χ1v) is 4.36. The first kappa shape index (κ1) is 8.53. The van der Waals surface area contributed by atoms with Crippen molar-refractivity contribution in [3.05, 3.63) is 0 Å². The molecule has 72 valence electrons. The Morgan fingerprint density at radius 3 is 2.46 bits per heavy atom. The second-order valence-electron chi connectivity index (χ2n) is 4.35. The number of carbonyl (C=O) groups is 2. The van der Waals surface area contributed by atoms with E-state index in [9.17, 15) is 14.7 Å². The van der Waals surface area contributed by atoms with Crippen LogP contribution < -0.4 is 5.11 Å². The lowest BCUT2D eigenvalue weighted by Gasteiger charge is -2.35. The molecule has 2 rings (SSSR count). The summed E-state index contributed by atoms with van der Waals surface area (Å²) in [6, 6.07) is 0. The van der Waals surface area contributed by atoms with Crippen LogP contribution in [0.5, 0.6) is 0 Å². The van der Waals surface area contributed by atoms with Gasteiger partial charge in [0.1, 0.15) is 0 Å².